The molecule has 0 fully saturated rings. The number of benzene rings is 2. The third-order valence-corrected chi connectivity index (χ3v) is 5.74. The van der Waals surface area contributed by atoms with Crippen molar-refractivity contribution in [2.45, 2.75) is 19.4 Å². The molecule has 7 nitrogen and oxygen atoms in total. The highest BCUT2D eigenvalue weighted by Gasteiger charge is 2.21. The van der Waals surface area contributed by atoms with Crippen LogP contribution in [-0.2, 0) is 13.0 Å². The highest BCUT2D eigenvalue weighted by molar-refractivity contribution is 7.09. The number of hydrogen-bond donors (Lipinski definition) is 1. The summed E-state index contributed by atoms with van der Waals surface area (Å²) in [5, 5.41) is 11.2. The molecule has 3 aromatic rings. The zero-order valence-electron chi connectivity index (χ0n) is 17.9. The molecule has 0 aliphatic heterocycles. The fourth-order valence-corrected chi connectivity index (χ4v) is 4.04. The number of nitrogens with zero attached hydrogens (tertiary/aromatic N) is 2. The number of carboxylic acid groups (broad SMARTS) is 1. The lowest BCUT2D eigenvalue weighted by Crippen LogP contribution is -2.32. The predicted octanol–water partition coefficient (Wildman–Crippen LogP) is 2.93. The minimum Gasteiger partial charge on any atom is -0.497 e. The molecule has 0 bridgehead atoms. The highest BCUT2D eigenvalue weighted by Crippen LogP contribution is 2.22. The number of thiazole rings is 1. The fraction of sp³-hybridized carbons (Fsp3) is 0.261. The van der Waals surface area contributed by atoms with E-state index in [9.17, 15) is 9.59 Å². The topological polar surface area (TPSA) is 89.0 Å². The van der Waals surface area contributed by atoms with E-state index in [1.54, 1.807) is 17.0 Å². The van der Waals surface area contributed by atoms with Crippen molar-refractivity contribution in [1.82, 2.24) is 9.88 Å². The molecule has 0 spiro atoms. The SMILES string of the molecule is [B]c1c(OC)cc(C(=O)N(CCCc2ccccc2)Cc2nc(C(=O)O)cs2)cc1OC. The van der Waals surface area contributed by atoms with Gasteiger partial charge in [0, 0.05) is 17.5 Å². The van der Waals surface area contributed by atoms with E-state index in [1.165, 1.54) is 36.5 Å². The lowest BCUT2D eigenvalue weighted by atomic mass is 9.92. The van der Waals surface area contributed by atoms with E-state index in [0.29, 0.717) is 34.1 Å². The second-order valence-corrected chi connectivity index (χ2v) is 7.98. The molecule has 1 N–H and O–H groups in total. The predicted molar refractivity (Wildman–Crippen MR) is 124 cm³/mol. The monoisotopic (exact) mass is 450 g/mol. The molecule has 2 radical (unpaired) electrons. The number of aryl methyl sites for hydroxylation is 1. The molecule has 9 heteroatoms. The maximum atomic E-state index is 13.4. The van der Waals surface area contributed by atoms with Crippen molar-refractivity contribution in [3.63, 3.8) is 0 Å². The number of ether oxygens (including phenoxy) is 2. The average molecular weight is 450 g/mol. The summed E-state index contributed by atoms with van der Waals surface area (Å²) in [4.78, 5) is 30.4. The molecule has 32 heavy (non-hydrogen) atoms. The third-order valence-electron chi connectivity index (χ3n) is 4.91. The Morgan fingerprint density at radius 1 is 1.12 bits per heavy atom. The molecule has 1 heterocycles. The highest BCUT2D eigenvalue weighted by atomic mass is 32.1. The number of rotatable bonds is 10. The Kier molecular flexibility index (Phi) is 7.89. The van der Waals surface area contributed by atoms with Gasteiger partial charge in [-0.15, -0.1) is 11.3 Å². The minimum absolute atomic E-state index is 0.0301. The van der Waals surface area contributed by atoms with Crippen molar-refractivity contribution >= 4 is 36.5 Å². The van der Waals surface area contributed by atoms with Gasteiger partial charge in [-0.1, -0.05) is 30.3 Å². The van der Waals surface area contributed by atoms with Crippen molar-refractivity contribution in [2.75, 3.05) is 20.8 Å². The Hall–Kier alpha value is -3.33. The van der Waals surface area contributed by atoms with Crippen LogP contribution in [-0.4, -0.2) is 55.5 Å². The Balaban J connectivity index is 1.84. The van der Waals surface area contributed by atoms with Crippen molar-refractivity contribution in [2.24, 2.45) is 0 Å². The molecular formula is C23H23BN2O5S. The summed E-state index contributed by atoms with van der Waals surface area (Å²) < 4.78 is 10.6. The van der Waals surface area contributed by atoms with Crippen LogP contribution in [0, 0.1) is 0 Å². The zero-order chi connectivity index (χ0) is 23.1. The third kappa shape index (κ3) is 5.67. The molecular weight excluding hydrogens is 427 g/mol. The van der Waals surface area contributed by atoms with Crippen LogP contribution in [0.4, 0.5) is 0 Å². The normalized spacial score (nSPS) is 10.6. The number of carbonyl (C=O) groups is 2. The maximum absolute atomic E-state index is 13.4. The van der Waals surface area contributed by atoms with Crippen LogP contribution in [0.2, 0.25) is 0 Å². The minimum atomic E-state index is -1.09. The summed E-state index contributed by atoms with van der Waals surface area (Å²) >= 11 is 1.21. The van der Waals surface area contributed by atoms with Gasteiger partial charge < -0.3 is 19.5 Å². The summed E-state index contributed by atoms with van der Waals surface area (Å²) in [6, 6.07) is 13.2. The smallest absolute Gasteiger partial charge is 0.355 e. The van der Waals surface area contributed by atoms with Gasteiger partial charge in [0.1, 0.15) is 24.4 Å². The lowest BCUT2D eigenvalue weighted by Gasteiger charge is -2.23. The van der Waals surface area contributed by atoms with Crippen LogP contribution < -0.4 is 14.9 Å². The summed E-state index contributed by atoms with van der Waals surface area (Å²) in [5.41, 5.74) is 1.83. The van der Waals surface area contributed by atoms with E-state index in [2.05, 4.69) is 4.98 Å². The van der Waals surface area contributed by atoms with Crippen LogP contribution >= 0.6 is 11.3 Å². The van der Waals surface area contributed by atoms with Crippen molar-refractivity contribution in [3.05, 3.63) is 69.7 Å². The largest absolute Gasteiger partial charge is 0.497 e. The van der Waals surface area contributed by atoms with Gasteiger partial charge in [-0.05, 0) is 36.0 Å². The van der Waals surface area contributed by atoms with Crippen LogP contribution in [0.3, 0.4) is 0 Å². The molecule has 2 aromatic carbocycles. The first kappa shape index (κ1) is 23.3. The quantitative estimate of drug-likeness (QED) is 0.478. The molecule has 0 unspecified atom stereocenters. The van der Waals surface area contributed by atoms with E-state index in [4.69, 9.17) is 22.4 Å². The van der Waals surface area contributed by atoms with Gasteiger partial charge in [-0.3, -0.25) is 4.79 Å². The second kappa shape index (κ2) is 10.8. The Bertz CT molecular complexity index is 1060. The molecule has 0 saturated carbocycles. The Morgan fingerprint density at radius 2 is 1.78 bits per heavy atom. The number of carboxylic acids is 1. The standard InChI is InChI=1S/C23H23BN2O5S/c1-30-18-11-16(12-19(31-2)21(18)24)22(27)26(10-6-9-15-7-4-3-5-8-15)13-20-25-17(14-32-20)23(28)29/h3-5,7-8,11-12,14H,6,9-10,13H2,1-2H3,(H,28,29). The van der Waals surface area contributed by atoms with E-state index in [0.717, 1.165) is 12.8 Å². The molecule has 0 saturated heterocycles. The average Bonchev–Trinajstić information content (AvgIpc) is 3.28. The van der Waals surface area contributed by atoms with Gasteiger partial charge in [-0.2, -0.15) is 0 Å². The van der Waals surface area contributed by atoms with Crippen LogP contribution in [0.25, 0.3) is 0 Å². The maximum Gasteiger partial charge on any atom is 0.355 e. The van der Waals surface area contributed by atoms with E-state index in [-0.39, 0.29) is 18.1 Å². The van der Waals surface area contributed by atoms with Crippen molar-refractivity contribution in [3.8, 4) is 11.5 Å². The Morgan fingerprint density at radius 3 is 2.34 bits per heavy atom. The van der Waals surface area contributed by atoms with Gasteiger partial charge >= 0.3 is 5.97 Å². The van der Waals surface area contributed by atoms with Gasteiger partial charge in [0.25, 0.3) is 5.91 Å². The van der Waals surface area contributed by atoms with Crippen LogP contribution in [0.1, 0.15) is 37.8 Å². The molecule has 164 valence electrons. The summed E-state index contributed by atoms with van der Waals surface area (Å²) in [7, 11) is 8.95. The van der Waals surface area contributed by atoms with Crippen molar-refractivity contribution in [1.29, 1.82) is 0 Å². The lowest BCUT2D eigenvalue weighted by molar-refractivity contribution is 0.0691. The number of carbonyl (C=O) groups excluding carboxylic acids is 1. The van der Waals surface area contributed by atoms with Crippen LogP contribution in [0.15, 0.2) is 47.8 Å². The zero-order valence-corrected chi connectivity index (χ0v) is 18.7. The van der Waals surface area contributed by atoms with E-state index < -0.39 is 5.97 Å². The van der Waals surface area contributed by atoms with E-state index in [1.807, 2.05) is 30.3 Å². The number of aromatic nitrogens is 1. The van der Waals surface area contributed by atoms with Gasteiger partial charge in [0.05, 0.1) is 20.8 Å². The van der Waals surface area contributed by atoms with Gasteiger partial charge in [-0.25, -0.2) is 9.78 Å². The first-order chi connectivity index (χ1) is 15.4. The van der Waals surface area contributed by atoms with Gasteiger partial charge in [0.2, 0.25) is 0 Å². The van der Waals surface area contributed by atoms with Crippen molar-refractivity contribution < 1.29 is 24.2 Å². The summed E-state index contributed by atoms with van der Waals surface area (Å²) in [5.74, 6) is -0.650. The van der Waals surface area contributed by atoms with E-state index >= 15 is 0 Å². The van der Waals surface area contributed by atoms with Crippen LogP contribution in [0.5, 0.6) is 11.5 Å². The van der Waals surface area contributed by atoms with Gasteiger partial charge in [0.15, 0.2) is 5.69 Å². The fourth-order valence-electron chi connectivity index (χ4n) is 3.26. The molecule has 3 rings (SSSR count). The summed E-state index contributed by atoms with van der Waals surface area (Å²) in [6.07, 6.45) is 1.54. The molecule has 1 amide bonds. The number of amides is 1. The summed E-state index contributed by atoms with van der Waals surface area (Å²) in [6.45, 7) is 0.658. The Labute approximate surface area is 192 Å². The number of methoxy groups -OCH3 is 2. The second-order valence-electron chi connectivity index (χ2n) is 7.04. The number of hydrogen-bond acceptors (Lipinski definition) is 6. The molecule has 1 aromatic heterocycles. The first-order valence-electron chi connectivity index (χ1n) is 9.95. The molecule has 0 atom stereocenters. The number of aromatic carboxylic acids is 1. The molecule has 0 aliphatic rings. The molecule has 0 aliphatic carbocycles. The first-order valence-corrected chi connectivity index (χ1v) is 10.8.